The van der Waals surface area contributed by atoms with Crippen LogP contribution in [-0.4, -0.2) is 19.4 Å². The lowest BCUT2D eigenvalue weighted by Gasteiger charge is -2.26. The minimum absolute atomic E-state index is 0.0772. The highest BCUT2D eigenvalue weighted by Gasteiger charge is 2.26. The van der Waals surface area contributed by atoms with E-state index in [1.165, 1.54) is 5.20 Å². The van der Waals surface area contributed by atoms with Crippen LogP contribution in [0.3, 0.4) is 0 Å². The Labute approximate surface area is 88.9 Å². The SMILES string of the molecule is C/C=C(\C(CCCC)OO)[Si](C)(C)C. The fourth-order valence-electron chi connectivity index (χ4n) is 1.76. The van der Waals surface area contributed by atoms with E-state index < -0.39 is 8.07 Å². The summed E-state index contributed by atoms with van der Waals surface area (Å²) in [5, 5.41) is 10.2. The second-order valence-corrected chi connectivity index (χ2v) is 9.81. The summed E-state index contributed by atoms with van der Waals surface area (Å²) in [7, 11) is -1.34. The number of rotatable bonds is 6. The Kier molecular flexibility index (Phi) is 6.32. The molecule has 0 aliphatic rings. The van der Waals surface area contributed by atoms with Crippen LogP contribution in [0.4, 0.5) is 0 Å². The molecule has 1 atom stereocenters. The molecule has 0 aromatic heterocycles. The first-order valence-electron chi connectivity index (χ1n) is 5.44. The van der Waals surface area contributed by atoms with Crippen molar-refractivity contribution < 1.29 is 10.1 Å². The van der Waals surface area contributed by atoms with E-state index in [-0.39, 0.29) is 6.10 Å². The molecule has 84 valence electrons. The standard InChI is InChI=1S/C11H24O2Si/c1-6-8-9-10(13-12)11(7-2)14(3,4)5/h7,10,12H,6,8-9H2,1-5H3/b11-7+. The molecule has 3 heteroatoms. The van der Waals surface area contributed by atoms with Crippen LogP contribution in [0.5, 0.6) is 0 Å². The van der Waals surface area contributed by atoms with Crippen LogP contribution in [0.1, 0.15) is 33.1 Å². The predicted octanol–water partition coefficient (Wildman–Crippen LogP) is 3.86. The Hall–Kier alpha value is -0.123. The van der Waals surface area contributed by atoms with Gasteiger partial charge in [0.25, 0.3) is 0 Å². The summed E-state index contributed by atoms with van der Waals surface area (Å²) in [5.74, 6) is 0. The zero-order chi connectivity index (χ0) is 11.2. The molecule has 0 spiro atoms. The Morgan fingerprint density at radius 2 is 2.00 bits per heavy atom. The molecular formula is C11H24O2Si. The zero-order valence-corrected chi connectivity index (χ0v) is 11.1. The maximum absolute atomic E-state index is 8.90. The van der Waals surface area contributed by atoms with E-state index in [9.17, 15) is 0 Å². The monoisotopic (exact) mass is 216 g/mol. The van der Waals surface area contributed by atoms with Gasteiger partial charge in [-0.2, -0.15) is 0 Å². The number of hydrogen-bond acceptors (Lipinski definition) is 2. The number of hydrogen-bond donors (Lipinski definition) is 1. The van der Waals surface area contributed by atoms with E-state index in [1.807, 2.05) is 6.92 Å². The second-order valence-electron chi connectivity index (χ2n) is 4.73. The fraction of sp³-hybridized carbons (Fsp3) is 0.818. The van der Waals surface area contributed by atoms with E-state index in [0.717, 1.165) is 19.3 Å². The van der Waals surface area contributed by atoms with E-state index in [1.54, 1.807) is 0 Å². The quantitative estimate of drug-likeness (QED) is 0.415. The molecule has 0 saturated carbocycles. The molecule has 0 saturated heterocycles. The highest BCUT2D eigenvalue weighted by Crippen LogP contribution is 2.23. The average Bonchev–Trinajstić information content (AvgIpc) is 2.09. The van der Waals surface area contributed by atoms with Gasteiger partial charge in [-0.05, 0) is 13.3 Å². The van der Waals surface area contributed by atoms with E-state index in [4.69, 9.17) is 5.26 Å². The van der Waals surface area contributed by atoms with E-state index in [2.05, 4.69) is 37.5 Å². The van der Waals surface area contributed by atoms with Crippen LogP contribution in [-0.2, 0) is 4.89 Å². The fourth-order valence-corrected chi connectivity index (χ4v) is 3.79. The molecule has 0 bridgehead atoms. The van der Waals surface area contributed by atoms with Crippen molar-refractivity contribution >= 4 is 8.07 Å². The summed E-state index contributed by atoms with van der Waals surface area (Å²) in [4.78, 5) is 4.60. The largest absolute Gasteiger partial charge is 0.251 e. The summed E-state index contributed by atoms with van der Waals surface area (Å²) in [6, 6.07) is 0. The first-order chi connectivity index (χ1) is 6.47. The van der Waals surface area contributed by atoms with Crippen LogP contribution in [0.2, 0.25) is 19.6 Å². The summed E-state index contributed by atoms with van der Waals surface area (Å²) >= 11 is 0. The van der Waals surface area contributed by atoms with Crippen molar-refractivity contribution in [3.8, 4) is 0 Å². The molecule has 0 radical (unpaired) electrons. The Bertz CT molecular complexity index is 182. The van der Waals surface area contributed by atoms with E-state index in [0.29, 0.717) is 0 Å². The van der Waals surface area contributed by atoms with Crippen LogP contribution in [0.25, 0.3) is 0 Å². The van der Waals surface area contributed by atoms with Crippen LogP contribution >= 0.6 is 0 Å². The van der Waals surface area contributed by atoms with Crippen molar-refractivity contribution in [2.24, 2.45) is 0 Å². The van der Waals surface area contributed by atoms with Crippen molar-refractivity contribution in [2.45, 2.75) is 58.9 Å². The van der Waals surface area contributed by atoms with E-state index >= 15 is 0 Å². The summed E-state index contributed by atoms with van der Waals surface area (Å²) < 4.78 is 0. The predicted molar refractivity (Wildman–Crippen MR) is 64.1 cm³/mol. The number of unbranched alkanes of at least 4 members (excludes halogenated alkanes) is 1. The molecule has 0 aliphatic carbocycles. The molecular weight excluding hydrogens is 192 g/mol. The number of allylic oxidation sites excluding steroid dienone is 1. The minimum atomic E-state index is -1.34. The van der Waals surface area contributed by atoms with Gasteiger partial charge >= 0.3 is 0 Å². The van der Waals surface area contributed by atoms with Gasteiger partial charge in [0, 0.05) is 0 Å². The lowest BCUT2D eigenvalue weighted by molar-refractivity contribution is -0.268. The van der Waals surface area contributed by atoms with Crippen LogP contribution in [0, 0.1) is 0 Å². The summed E-state index contributed by atoms with van der Waals surface area (Å²) in [6.07, 6.45) is 5.21. The topological polar surface area (TPSA) is 29.5 Å². The third-order valence-corrected chi connectivity index (χ3v) is 4.81. The third kappa shape index (κ3) is 4.40. The zero-order valence-electron chi connectivity index (χ0n) is 10.1. The minimum Gasteiger partial charge on any atom is -0.251 e. The lowest BCUT2D eigenvalue weighted by Crippen LogP contribution is -2.33. The lowest BCUT2D eigenvalue weighted by atomic mass is 10.1. The molecule has 2 nitrogen and oxygen atoms in total. The van der Waals surface area contributed by atoms with Gasteiger partial charge in [0.05, 0.1) is 8.07 Å². The Morgan fingerprint density at radius 1 is 1.43 bits per heavy atom. The van der Waals surface area contributed by atoms with Crippen molar-refractivity contribution in [3.05, 3.63) is 11.3 Å². The van der Waals surface area contributed by atoms with Gasteiger partial charge < -0.3 is 0 Å². The molecule has 0 aromatic carbocycles. The third-order valence-electron chi connectivity index (χ3n) is 2.47. The first kappa shape index (κ1) is 13.9. The van der Waals surface area contributed by atoms with Gasteiger partial charge in [0.15, 0.2) is 0 Å². The summed E-state index contributed by atoms with van der Waals surface area (Å²) in [5.41, 5.74) is 0. The van der Waals surface area contributed by atoms with Gasteiger partial charge in [-0.15, -0.1) is 0 Å². The molecule has 0 fully saturated rings. The average molecular weight is 216 g/mol. The van der Waals surface area contributed by atoms with Crippen molar-refractivity contribution in [2.75, 3.05) is 0 Å². The first-order valence-corrected chi connectivity index (χ1v) is 8.94. The van der Waals surface area contributed by atoms with Gasteiger partial charge in [-0.1, -0.05) is 50.7 Å². The second kappa shape index (κ2) is 6.38. The molecule has 0 amide bonds. The molecule has 1 N–H and O–H groups in total. The molecule has 0 aromatic rings. The van der Waals surface area contributed by atoms with Gasteiger partial charge in [0.2, 0.25) is 0 Å². The van der Waals surface area contributed by atoms with Crippen molar-refractivity contribution in [1.29, 1.82) is 0 Å². The van der Waals surface area contributed by atoms with Gasteiger partial charge in [-0.3, -0.25) is 5.26 Å². The van der Waals surface area contributed by atoms with Gasteiger partial charge in [-0.25, -0.2) is 4.89 Å². The highest BCUT2D eigenvalue weighted by atomic mass is 28.3. The highest BCUT2D eigenvalue weighted by molar-refractivity contribution is 6.83. The van der Waals surface area contributed by atoms with Crippen molar-refractivity contribution in [3.63, 3.8) is 0 Å². The smallest absolute Gasteiger partial charge is 0.110 e. The Morgan fingerprint density at radius 3 is 2.29 bits per heavy atom. The molecule has 14 heavy (non-hydrogen) atoms. The van der Waals surface area contributed by atoms with Gasteiger partial charge in [0.1, 0.15) is 6.10 Å². The summed E-state index contributed by atoms with van der Waals surface area (Å²) in [6.45, 7) is 11.0. The van der Waals surface area contributed by atoms with Crippen molar-refractivity contribution in [1.82, 2.24) is 0 Å². The molecule has 0 aliphatic heterocycles. The Balaban J connectivity index is 4.48. The van der Waals surface area contributed by atoms with Crippen LogP contribution < -0.4 is 0 Å². The van der Waals surface area contributed by atoms with Crippen LogP contribution in [0.15, 0.2) is 11.3 Å². The maximum atomic E-state index is 8.90. The molecule has 1 unspecified atom stereocenters. The molecule has 0 heterocycles. The normalized spacial score (nSPS) is 15.7. The maximum Gasteiger partial charge on any atom is 0.110 e. The molecule has 0 rings (SSSR count).